The highest BCUT2D eigenvalue weighted by Crippen LogP contribution is 2.26. The fourth-order valence-corrected chi connectivity index (χ4v) is 3.46. The van der Waals surface area contributed by atoms with Crippen LogP contribution in [0.25, 0.3) is 11.3 Å². The molecule has 0 radical (unpaired) electrons. The summed E-state index contributed by atoms with van der Waals surface area (Å²) in [4.78, 5) is 26.8. The van der Waals surface area contributed by atoms with Gasteiger partial charge in [-0.05, 0) is 47.9 Å². The van der Waals surface area contributed by atoms with Crippen LogP contribution in [0.2, 0.25) is 5.02 Å². The molecule has 1 aliphatic rings. The standard InChI is InChI=1S/C21H19ClN4O2/c22-16-5-7-17(8-6-16)26-12-10-18(21(26)28)20(27)23-13-14-1-3-15(4-2-14)19-9-11-24-25-19/h1-9,11,18H,10,12-13H2,(H,23,27)(H,24,25). The predicted molar refractivity (Wildman–Crippen MR) is 108 cm³/mol. The van der Waals surface area contributed by atoms with Crippen LogP contribution in [0.4, 0.5) is 5.69 Å². The molecule has 6 nitrogen and oxygen atoms in total. The zero-order valence-corrected chi connectivity index (χ0v) is 15.8. The van der Waals surface area contributed by atoms with Crippen molar-refractivity contribution in [1.29, 1.82) is 0 Å². The van der Waals surface area contributed by atoms with Crippen LogP contribution < -0.4 is 10.2 Å². The number of rotatable bonds is 5. The van der Waals surface area contributed by atoms with Crippen molar-refractivity contribution in [3.05, 3.63) is 71.4 Å². The Morgan fingerprint density at radius 2 is 1.89 bits per heavy atom. The first-order valence-electron chi connectivity index (χ1n) is 9.05. The summed E-state index contributed by atoms with van der Waals surface area (Å²) in [6, 6.07) is 16.8. The summed E-state index contributed by atoms with van der Waals surface area (Å²) in [5.74, 6) is -1.06. The van der Waals surface area contributed by atoms with Gasteiger partial charge in [-0.1, -0.05) is 35.9 Å². The molecule has 1 unspecified atom stereocenters. The molecule has 2 amide bonds. The van der Waals surface area contributed by atoms with Crippen LogP contribution in [-0.4, -0.2) is 28.6 Å². The number of anilines is 1. The minimum atomic E-state index is -0.653. The Balaban J connectivity index is 1.35. The quantitative estimate of drug-likeness (QED) is 0.651. The molecular weight excluding hydrogens is 376 g/mol. The average Bonchev–Trinajstić information content (AvgIpc) is 3.37. The molecule has 142 valence electrons. The van der Waals surface area contributed by atoms with Crippen molar-refractivity contribution in [2.75, 3.05) is 11.4 Å². The Morgan fingerprint density at radius 1 is 1.14 bits per heavy atom. The number of H-pyrrole nitrogens is 1. The van der Waals surface area contributed by atoms with Crippen LogP contribution in [0, 0.1) is 5.92 Å². The lowest BCUT2D eigenvalue weighted by molar-refractivity contribution is -0.132. The number of hydrogen-bond donors (Lipinski definition) is 2. The number of aromatic nitrogens is 2. The predicted octanol–water partition coefficient (Wildman–Crippen LogP) is 3.40. The molecule has 3 aromatic rings. The summed E-state index contributed by atoms with van der Waals surface area (Å²) in [5.41, 5.74) is 3.70. The van der Waals surface area contributed by atoms with E-state index in [9.17, 15) is 9.59 Å². The van der Waals surface area contributed by atoms with Gasteiger partial charge in [-0.3, -0.25) is 14.7 Å². The summed E-state index contributed by atoms with van der Waals surface area (Å²) >= 11 is 5.90. The first-order chi connectivity index (χ1) is 13.6. The highest BCUT2D eigenvalue weighted by molar-refractivity contribution is 6.30. The fourth-order valence-electron chi connectivity index (χ4n) is 3.33. The summed E-state index contributed by atoms with van der Waals surface area (Å²) in [6.07, 6.45) is 2.21. The Labute approximate surface area is 167 Å². The maximum atomic E-state index is 12.6. The number of aromatic amines is 1. The van der Waals surface area contributed by atoms with Gasteiger partial charge in [-0.15, -0.1) is 0 Å². The molecule has 1 saturated heterocycles. The second-order valence-electron chi connectivity index (χ2n) is 6.69. The third kappa shape index (κ3) is 3.77. The van der Waals surface area contributed by atoms with E-state index in [1.165, 1.54) is 0 Å². The molecule has 1 aromatic heterocycles. The van der Waals surface area contributed by atoms with Crippen LogP contribution in [-0.2, 0) is 16.1 Å². The normalized spacial score (nSPS) is 16.4. The van der Waals surface area contributed by atoms with Crippen molar-refractivity contribution in [2.45, 2.75) is 13.0 Å². The van der Waals surface area contributed by atoms with Gasteiger partial charge in [0.15, 0.2) is 0 Å². The van der Waals surface area contributed by atoms with Crippen molar-refractivity contribution in [1.82, 2.24) is 15.5 Å². The first kappa shape index (κ1) is 18.3. The van der Waals surface area contributed by atoms with Gasteiger partial charge >= 0.3 is 0 Å². The lowest BCUT2D eigenvalue weighted by atomic mass is 10.1. The van der Waals surface area contributed by atoms with Crippen LogP contribution in [0.3, 0.4) is 0 Å². The van der Waals surface area contributed by atoms with Crippen molar-refractivity contribution in [3.63, 3.8) is 0 Å². The molecule has 0 spiro atoms. The Hall–Kier alpha value is -3.12. The van der Waals surface area contributed by atoms with Gasteiger partial charge in [0.2, 0.25) is 11.8 Å². The van der Waals surface area contributed by atoms with Gasteiger partial charge < -0.3 is 10.2 Å². The number of nitrogens with zero attached hydrogens (tertiary/aromatic N) is 2. The number of carbonyl (C=O) groups excluding carboxylic acids is 2. The van der Waals surface area contributed by atoms with Gasteiger partial charge in [0, 0.05) is 30.0 Å². The van der Waals surface area contributed by atoms with E-state index >= 15 is 0 Å². The second kappa shape index (κ2) is 7.86. The largest absolute Gasteiger partial charge is 0.351 e. The van der Waals surface area contributed by atoms with E-state index in [1.807, 2.05) is 30.3 Å². The third-order valence-corrected chi connectivity index (χ3v) is 5.14. The van der Waals surface area contributed by atoms with Crippen molar-refractivity contribution in [3.8, 4) is 11.3 Å². The van der Waals surface area contributed by atoms with Crippen LogP contribution in [0.5, 0.6) is 0 Å². The molecule has 2 aromatic carbocycles. The zero-order chi connectivity index (χ0) is 19.5. The summed E-state index contributed by atoms with van der Waals surface area (Å²) in [6.45, 7) is 0.907. The van der Waals surface area contributed by atoms with Gasteiger partial charge in [0.1, 0.15) is 5.92 Å². The van der Waals surface area contributed by atoms with E-state index in [2.05, 4.69) is 15.5 Å². The average molecular weight is 395 g/mol. The second-order valence-corrected chi connectivity index (χ2v) is 7.13. The monoisotopic (exact) mass is 394 g/mol. The molecule has 4 rings (SSSR count). The minimum absolute atomic E-state index is 0.172. The highest BCUT2D eigenvalue weighted by atomic mass is 35.5. The number of halogens is 1. The fraction of sp³-hybridized carbons (Fsp3) is 0.190. The molecule has 2 N–H and O–H groups in total. The molecule has 28 heavy (non-hydrogen) atoms. The van der Waals surface area contributed by atoms with Crippen molar-refractivity contribution in [2.24, 2.45) is 5.92 Å². The van der Waals surface area contributed by atoms with E-state index in [-0.39, 0.29) is 11.8 Å². The number of amides is 2. The first-order valence-corrected chi connectivity index (χ1v) is 9.43. The smallest absolute Gasteiger partial charge is 0.239 e. The lowest BCUT2D eigenvalue weighted by Gasteiger charge is -2.17. The van der Waals surface area contributed by atoms with E-state index in [0.717, 1.165) is 22.5 Å². The summed E-state index contributed by atoms with van der Waals surface area (Å²) in [7, 11) is 0. The summed E-state index contributed by atoms with van der Waals surface area (Å²) < 4.78 is 0. The van der Waals surface area contributed by atoms with Gasteiger partial charge in [-0.25, -0.2) is 0 Å². The molecule has 0 saturated carbocycles. The van der Waals surface area contributed by atoms with Crippen LogP contribution >= 0.6 is 11.6 Å². The topological polar surface area (TPSA) is 78.1 Å². The SMILES string of the molecule is O=C(NCc1ccc(-c2ccn[nH]2)cc1)C1CCN(c2ccc(Cl)cc2)C1=O. The maximum Gasteiger partial charge on any atom is 0.239 e. The molecule has 2 heterocycles. The number of carbonyl (C=O) groups is 2. The molecule has 1 atom stereocenters. The molecule has 1 aliphatic heterocycles. The lowest BCUT2D eigenvalue weighted by Crippen LogP contribution is -2.36. The molecule has 0 aliphatic carbocycles. The molecule has 0 bridgehead atoms. The zero-order valence-electron chi connectivity index (χ0n) is 15.1. The van der Waals surface area contributed by atoms with Crippen molar-refractivity contribution < 1.29 is 9.59 Å². The number of benzene rings is 2. The molecule has 7 heteroatoms. The Bertz CT molecular complexity index is 969. The van der Waals surface area contributed by atoms with Crippen LogP contribution in [0.15, 0.2) is 60.8 Å². The van der Waals surface area contributed by atoms with E-state index in [1.54, 1.807) is 35.4 Å². The maximum absolute atomic E-state index is 12.6. The van der Waals surface area contributed by atoms with E-state index in [4.69, 9.17) is 11.6 Å². The van der Waals surface area contributed by atoms with Crippen molar-refractivity contribution >= 4 is 29.1 Å². The van der Waals surface area contributed by atoms with E-state index in [0.29, 0.717) is 24.5 Å². The number of nitrogens with one attached hydrogen (secondary N) is 2. The minimum Gasteiger partial charge on any atom is -0.351 e. The summed E-state index contributed by atoms with van der Waals surface area (Å²) in [5, 5.41) is 10.3. The number of hydrogen-bond acceptors (Lipinski definition) is 3. The molecular formula is C21H19ClN4O2. The Kier molecular flexibility index (Phi) is 5.12. The van der Waals surface area contributed by atoms with Crippen LogP contribution in [0.1, 0.15) is 12.0 Å². The van der Waals surface area contributed by atoms with Gasteiger partial charge in [0.25, 0.3) is 0 Å². The highest BCUT2D eigenvalue weighted by Gasteiger charge is 2.37. The van der Waals surface area contributed by atoms with Gasteiger partial charge in [0.05, 0.1) is 5.69 Å². The molecule has 1 fully saturated rings. The third-order valence-electron chi connectivity index (χ3n) is 4.89. The Morgan fingerprint density at radius 3 is 2.57 bits per heavy atom. The van der Waals surface area contributed by atoms with E-state index < -0.39 is 5.92 Å². The van der Waals surface area contributed by atoms with Gasteiger partial charge in [-0.2, -0.15) is 5.10 Å².